The topological polar surface area (TPSA) is 101 Å². The van der Waals surface area contributed by atoms with Crippen molar-refractivity contribution >= 4 is 21.7 Å². The van der Waals surface area contributed by atoms with Crippen LogP contribution in [0.3, 0.4) is 0 Å². The molecule has 7 heteroatoms. The van der Waals surface area contributed by atoms with Gasteiger partial charge in [-0.05, 0) is 39.0 Å². The zero-order chi connectivity index (χ0) is 18.5. The van der Waals surface area contributed by atoms with Crippen LogP contribution in [0.1, 0.15) is 66.2 Å². The number of carbonyl (C=O) groups is 2. The monoisotopic (exact) mass is 361 g/mol. The van der Waals surface area contributed by atoms with E-state index >= 15 is 0 Å². The molecule has 2 N–H and O–H groups in total. The second-order valence-corrected chi connectivity index (χ2v) is 10.1. The summed E-state index contributed by atoms with van der Waals surface area (Å²) < 4.78 is 25.8. The minimum atomic E-state index is -3.53. The lowest BCUT2D eigenvalue weighted by molar-refractivity contribution is -0.147. The first-order valence-corrected chi connectivity index (χ1v) is 10.3. The lowest BCUT2D eigenvalue weighted by atomic mass is 9.89. The number of hydrogen-bond acceptors (Lipinski definition) is 4. The summed E-state index contributed by atoms with van der Waals surface area (Å²) in [5, 5.41) is 10.2. The molecule has 140 valence electrons. The van der Waals surface area contributed by atoms with Crippen molar-refractivity contribution in [3.8, 4) is 0 Å². The zero-order valence-corrected chi connectivity index (χ0v) is 16.0. The van der Waals surface area contributed by atoms with Crippen LogP contribution in [0.4, 0.5) is 0 Å². The smallest absolute Gasteiger partial charge is 0.309 e. The quantitative estimate of drug-likeness (QED) is 0.691. The largest absolute Gasteiger partial charge is 0.481 e. The molecular weight excluding hydrogens is 330 g/mol. The Morgan fingerprint density at radius 2 is 1.71 bits per heavy atom. The number of carboxylic acids is 1. The summed E-state index contributed by atoms with van der Waals surface area (Å²) in [5.41, 5.74) is -0.956. The molecule has 1 amide bonds. The summed E-state index contributed by atoms with van der Waals surface area (Å²) in [4.78, 5) is 23.6. The third-order valence-corrected chi connectivity index (χ3v) is 7.73. The standard InChI is InChI=1S/C17H31NO5S/c1-12(2)14(24(22,23)13-8-6-5-7-9-13)15(19)18-11-10-17(3,4)16(20)21/h12-14H,5-11H2,1-4H3,(H,18,19)(H,20,21). The molecule has 0 radical (unpaired) electrons. The molecule has 0 aromatic heterocycles. The van der Waals surface area contributed by atoms with Crippen LogP contribution in [-0.2, 0) is 19.4 Å². The van der Waals surface area contributed by atoms with Crippen LogP contribution in [0.2, 0.25) is 0 Å². The van der Waals surface area contributed by atoms with Crippen molar-refractivity contribution in [3.63, 3.8) is 0 Å². The van der Waals surface area contributed by atoms with Crippen molar-refractivity contribution in [2.45, 2.75) is 76.7 Å². The Bertz CT molecular complexity index is 547. The summed E-state index contributed by atoms with van der Waals surface area (Å²) in [6.07, 6.45) is 4.35. The van der Waals surface area contributed by atoms with Gasteiger partial charge in [0.2, 0.25) is 5.91 Å². The van der Waals surface area contributed by atoms with Crippen molar-refractivity contribution in [2.24, 2.45) is 11.3 Å². The maximum absolute atomic E-state index is 12.9. The Balaban J connectivity index is 2.77. The number of amides is 1. The first-order chi connectivity index (χ1) is 11.0. The summed E-state index contributed by atoms with van der Waals surface area (Å²) >= 11 is 0. The van der Waals surface area contributed by atoms with E-state index in [1.165, 1.54) is 0 Å². The van der Waals surface area contributed by atoms with Crippen molar-refractivity contribution in [2.75, 3.05) is 6.54 Å². The summed E-state index contributed by atoms with van der Waals surface area (Å²) in [6, 6.07) is 0. The van der Waals surface area contributed by atoms with Crippen LogP contribution in [-0.4, -0.2) is 42.4 Å². The zero-order valence-electron chi connectivity index (χ0n) is 15.2. The van der Waals surface area contributed by atoms with E-state index in [2.05, 4.69) is 5.32 Å². The van der Waals surface area contributed by atoms with Gasteiger partial charge in [0.15, 0.2) is 9.84 Å². The van der Waals surface area contributed by atoms with E-state index in [0.717, 1.165) is 19.3 Å². The average Bonchev–Trinajstić information content (AvgIpc) is 2.47. The van der Waals surface area contributed by atoms with Gasteiger partial charge in [-0.2, -0.15) is 0 Å². The Labute approximate surface area is 145 Å². The number of hydrogen-bond donors (Lipinski definition) is 2. The van der Waals surface area contributed by atoms with Gasteiger partial charge in [0.25, 0.3) is 0 Å². The number of carbonyl (C=O) groups excluding carboxylic acids is 1. The SMILES string of the molecule is CC(C)C(C(=O)NCCC(C)(C)C(=O)O)S(=O)(=O)C1CCCCC1. The third kappa shape index (κ3) is 5.19. The van der Waals surface area contributed by atoms with E-state index < -0.39 is 37.6 Å². The third-order valence-electron chi connectivity index (χ3n) is 4.86. The Kier molecular flexibility index (Phi) is 7.25. The predicted octanol–water partition coefficient (Wildman–Crippen LogP) is 2.38. The van der Waals surface area contributed by atoms with Gasteiger partial charge >= 0.3 is 5.97 Å². The van der Waals surface area contributed by atoms with Crippen LogP contribution in [0.25, 0.3) is 0 Å². The summed E-state index contributed by atoms with van der Waals surface area (Å²) in [6.45, 7) is 6.81. The summed E-state index contributed by atoms with van der Waals surface area (Å²) in [7, 11) is -3.53. The fraction of sp³-hybridized carbons (Fsp3) is 0.882. The Morgan fingerprint density at radius 1 is 1.17 bits per heavy atom. The molecular formula is C17H31NO5S. The van der Waals surface area contributed by atoms with Crippen LogP contribution in [0, 0.1) is 11.3 Å². The minimum absolute atomic E-state index is 0.154. The molecule has 0 aromatic rings. The lowest BCUT2D eigenvalue weighted by Gasteiger charge is -2.29. The maximum Gasteiger partial charge on any atom is 0.309 e. The molecule has 0 heterocycles. The van der Waals surface area contributed by atoms with E-state index in [-0.39, 0.29) is 18.9 Å². The van der Waals surface area contributed by atoms with Gasteiger partial charge < -0.3 is 10.4 Å². The van der Waals surface area contributed by atoms with Crippen molar-refractivity contribution in [3.05, 3.63) is 0 Å². The van der Waals surface area contributed by atoms with Crippen LogP contribution < -0.4 is 5.32 Å². The van der Waals surface area contributed by atoms with E-state index in [1.807, 2.05) is 0 Å². The van der Waals surface area contributed by atoms with Gasteiger partial charge in [-0.3, -0.25) is 9.59 Å². The number of carboxylic acid groups (broad SMARTS) is 1. The first-order valence-electron chi connectivity index (χ1n) is 8.74. The second-order valence-electron chi connectivity index (χ2n) is 7.74. The fourth-order valence-electron chi connectivity index (χ4n) is 3.14. The van der Waals surface area contributed by atoms with Gasteiger partial charge in [-0.25, -0.2) is 8.42 Å². The minimum Gasteiger partial charge on any atom is -0.481 e. The molecule has 6 nitrogen and oxygen atoms in total. The van der Waals surface area contributed by atoms with Crippen LogP contribution in [0.5, 0.6) is 0 Å². The molecule has 1 aliphatic carbocycles. The van der Waals surface area contributed by atoms with Gasteiger partial charge in [-0.15, -0.1) is 0 Å². The molecule has 0 aromatic carbocycles. The molecule has 0 aliphatic heterocycles. The number of nitrogens with one attached hydrogen (secondary N) is 1. The molecule has 1 rings (SSSR count). The molecule has 24 heavy (non-hydrogen) atoms. The summed E-state index contributed by atoms with van der Waals surface area (Å²) in [5.74, 6) is -1.76. The molecule has 1 unspecified atom stereocenters. The van der Waals surface area contributed by atoms with Crippen molar-refractivity contribution in [1.29, 1.82) is 0 Å². The average molecular weight is 362 g/mol. The molecule has 1 atom stereocenters. The molecule has 1 saturated carbocycles. The van der Waals surface area contributed by atoms with E-state index in [9.17, 15) is 18.0 Å². The number of rotatable bonds is 8. The molecule has 1 aliphatic rings. The highest BCUT2D eigenvalue weighted by atomic mass is 32.2. The van der Waals surface area contributed by atoms with Crippen molar-refractivity contribution in [1.82, 2.24) is 5.32 Å². The molecule has 1 fully saturated rings. The fourth-order valence-corrected chi connectivity index (χ4v) is 5.68. The van der Waals surface area contributed by atoms with E-state index in [0.29, 0.717) is 12.8 Å². The molecule has 0 saturated heterocycles. The second kappa shape index (κ2) is 8.32. The van der Waals surface area contributed by atoms with E-state index in [4.69, 9.17) is 5.11 Å². The number of aliphatic carboxylic acids is 1. The normalized spacial score (nSPS) is 18.4. The molecule has 0 bridgehead atoms. The Hall–Kier alpha value is -1.11. The highest BCUT2D eigenvalue weighted by molar-refractivity contribution is 7.93. The molecule has 0 spiro atoms. The van der Waals surface area contributed by atoms with Gasteiger partial charge in [-0.1, -0.05) is 33.1 Å². The van der Waals surface area contributed by atoms with Crippen LogP contribution in [0.15, 0.2) is 0 Å². The Morgan fingerprint density at radius 3 is 2.17 bits per heavy atom. The lowest BCUT2D eigenvalue weighted by Crippen LogP contribution is -2.48. The van der Waals surface area contributed by atoms with E-state index in [1.54, 1.807) is 27.7 Å². The maximum atomic E-state index is 12.9. The van der Waals surface area contributed by atoms with Crippen molar-refractivity contribution < 1.29 is 23.1 Å². The van der Waals surface area contributed by atoms with Gasteiger partial charge in [0.1, 0.15) is 5.25 Å². The first kappa shape index (κ1) is 20.9. The van der Waals surface area contributed by atoms with Gasteiger partial charge in [0, 0.05) is 6.54 Å². The highest BCUT2D eigenvalue weighted by Crippen LogP contribution is 2.29. The predicted molar refractivity (Wildman–Crippen MR) is 93.5 cm³/mol. The van der Waals surface area contributed by atoms with Crippen LogP contribution >= 0.6 is 0 Å². The highest BCUT2D eigenvalue weighted by Gasteiger charge is 2.41. The number of sulfone groups is 1. The van der Waals surface area contributed by atoms with Gasteiger partial charge in [0.05, 0.1) is 10.7 Å².